The van der Waals surface area contributed by atoms with Gasteiger partial charge in [-0.2, -0.15) is 4.98 Å². The lowest BCUT2D eigenvalue weighted by atomic mass is 9.85. The van der Waals surface area contributed by atoms with Crippen LogP contribution in [0.4, 0.5) is 0 Å². The fourth-order valence-corrected chi connectivity index (χ4v) is 2.76. The van der Waals surface area contributed by atoms with Gasteiger partial charge >= 0.3 is 0 Å². The molecule has 3 heterocycles. The Kier molecular flexibility index (Phi) is 4.06. The van der Waals surface area contributed by atoms with Crippen LogP contribution in [0.3, 0.4) is 0 Å². The Morgan fingerprint density at radius 1 is 1.40 bits per heavy atom. The van der Waals surface area contributed by atoms with Gasteiger partial charge in [-0.05, 0) is 49.9 Å². The summed E-state index contributed by atoms with van der Waals surface area (Å²) in [4.78, 5) is 8.48. The Morgan fingerprint density at radius 3 is 3.00 bits per heavy atom. The predicted octanol–water partition coefficient (Wildman–Crippen LogP) is 2.31. The van der Waals surface area contributed by atoms with Crippen LogP contribution < -0.4 is 5.32 Å². The first-order chi connectivity index (χ1) is 9.83. The molecule has 1 saturated heterocycles. The van der Waals surface area contributed by atoms with Gasteiger partial charge in [-0.3, -0.25) is 4.98 Å². The summed E-state index contributed by atoms with van der Waals surface area (Å²) >= 11 is 0. The third kappa shape index (κ3) is 3.04. The molecule has 20 heavy (non-hydrogen) atoms. The molecule has 1 aliphatic rings. The van der Waals surface area contributed by atoms with E-state index in [-0.39, 0.29) is 0 Å². The summed E-state index contributed by atoms with van der Waals surface area (Å²) in [5, 5.41) is 7.51. The van der Waals surface area contributed by atoms with Crippen LogP contribution in [0.5, 0.6) is 0 Å². The smallest absolute Gasteiger partial charge is 0.227 e. The summed E-state index contributed by atoms with van der Waals surface area (Å²) in [5.74, 6) is 2.65. The summed E-state index contributed by atoms with van der Waals surface area (Å²) < 4.78 is 5.38. The molecule has 0 bridgehead atoms. The predicted molar refractivity (Wildman–Crippen MR) is 76.0 cm³/mol. The van der Waals surface area contributed by atoms with Crippen molar-refractivity contribution < 1.29 is 4.52 Å². The maximum atomic E-state index is 5.38. The van der Waals surface area contributed by atoms with Crippen LogP contribution in [0.25, 0.3) is 11.4 Å². The van der Waals surface area contributed by atoms with E-state index in [0.717, 1.165) is 31.0 Å². The minimum Gasteiger partial charge on any atom is -0.339 e. The number of rotatable bonds is 4. The minimum atomic E-state index is 0.563. The first kappa shape index (κ1) is 13.2. The molecule has 1 fully saturated rings. The van der Waals surface area contributed by atoms with Gasteiger partial charge in [0.25, 0.3) is 0 Å². The molecule has 3 rings (SSSR count). The van der Waals surface area contributed by atoms with Gasteiger partial charge in [-0.1, -0.05) is 12.1 Å². The molecule has 1 aliphatic heterocycles. The Morgan fingerprint density at radius 2 is 2.25 bits per heavy atom. The summed E-state index contributed by atoms with van der Waals surface area (Å²) in [7, 11) is 0. The molecule has 2 unspecified atom stereocenters. The number of hydrogen-bond donors (Lipinski definition) is 1. The van der Waals surface area contributed by atoms with E-state index in [9.17, 15) is 0 Å². The van der Waals surface area contributed by atoms with Gasteiger partial charge in [0.15, 0.2) is 0 Å². The van der Waals surface area contributed by atoms with Gasteiger partial charge in [0.2, 0.25) is 11.7 Å². The van der Waals surface area contributed by atoms with Crippen molar-refractivity contribution in [3.63, 3.8) is 0 Å². The molecular weight excluding hydrogens is 252 g/mol. The van der Waals surface area contributed by atoms with Crippen molar-refractivity contribution in [3.8, 4) is 11.4 Å². The monoisotopic (exact) mass is 272 g/mol. The molecule has 2 aromatic heterocycles. The Balaban J connectivity index is 1.65. The van der Waals surface area contributed by atoms with Gasteiger partial charge in [0.1, 0.15) is 0 Å². The molecule has 5 nitrogen and oxygen atoms in total. The van der Waals surface area contributed by atoms with Crippen molar-refractivity contribution in [1.82, 2.24) is 20.4 Å². The Hall–Kier alpha value is -1.75. The molecule has 2 atom stereocenters. The quantitative estimate of drug-likeness (QED) is 0.925. The zero-order valence-electron chi connectivity index (χ0n) is 11.7. The van der Waals surface area contributed by atoms with Crippen molar-refractivity contribution >= 4 is 0 Å². The van der Waals surface area contributed by atoms with Gasteiger partial charge in [0.05, 0.1) is 0 Å². The van der Waals surface area contributed by atoms with Crippen LogP contribution in [0.1, 0.15) is 25.7 Å². The number of pyridine rings is 1. The number of piperidine rings is 1. The second kappa shape index (κ2) is 6.13. The first-order valence-electron chi connectivity index (χ1n) is 7.26. The highest BCUT2D eigenvalue weighted by atomic mass is 16.5. The largest absolute Gasteiger partial charge is 0.339 e. The summed E-state index contributed by atoms with van der Waals surface area (Å²) in [6.45, 7) is 4.52. The van der Waals surface area contributed by atoms with E-state index in [1.807, 2.05) is 12.1 Å². The molecule has 5 heteroatoms. The molecule has 0 amide bonds. The van der Waals surface area contributed by atoms with Crippen molar-refractivity contribution in [2.45, 2.75) is 26.2 Å². The van der Waals surface area contributed by atoms with Crippen molar-refractivity contribution in [2.75, 3.05) is 13.1 Å². The molecular formula is C15H20N4O. The van der Waals surface area contributed by atoms with E-state index in [4.69, 9.17) is 4.52 Å². The average molecular weight is 272 g/mol. The van der Waals surface area contributed by atoms with E-state index < -0.39 is 0 Å². The highest BCUT2D eigenvalue weighted by Gasteiger charge is 2.22. The molecule has 0 aliphatic carbocycles. The van der Waals surface area contributed by atoms with Gasteiger partial charge in [-0.25, -0.2) is 0 Å². The van der Waals surface area contributed by atoms with E-state index >= 15 is 0 Å². The van der Waals surface area contributed by atoms with Crippen LogP contribution in [-0.2, 0) is 6.42 Å². The second-order valence-corrected chi connectivity index (χ2v) is 5.54. The molecule has 0 aromatic carbocycles. The standard InChI is InChI=1S/C15H20N4O/c1-11(13-3-2-6-17-10-13)9-14-18-15(19-20-14)12-4-7-16-8-5-12/h4-5,7-8,11,13,17H,2-3,6,9-10H2,1H3. The highest BCUT2D eigenvalue weighted by molar-refractivity contribution is 5.52. The number of nitrogens with zero attached hydrogens (tertiary/aromatic N) is 3. The first-order valence-corrected chi connectivity index (χ1v) is 7.26. The highest BCUT2D eigenvalue weighted by Crippen LogP contribution is 2.23. The number of aromatic nitrogens is 3. The van der Waals surface area contributed by atoms with Crippen molar-refractivity contribution in [1.29, 1.82) is 0 Å². The van der Waals surface area contributed by atoms with Gasteiger partial charge in [0, 0.05) is 24.4 Å². The third-order valence-electron chi connectivity index (χ3n) is 4.04. The minimum absolute atomic E-state index is 0.563. The van der Waals surface area contributed by atoms with Crippen LogP contribution >= 0.6 is 0 Å². The van der Waals surface area contributed by atoms with Crippen LogP contribution in [0.15, 0.2) is 29.0 Å². The van der Waals surface area contributed by atoms with Crippen molar-refractivity contribution in [3.05, 3.63) is 30.4 Å². The Bertz CT molecular complexity index is 534. The zero-order valence-corrected chi connectivity index (χ0v) is 11.7. The fraction of sp³-hybridized carbons (Fsp3) is 0.533. The normalized spacial score (nSPS) is 20.8. The molecule has 0 radical (unpaired) electrons. The van der Waals surface area contributed by atoms with Crippen LogP contribution in [0, 0.1) is 11.8 Å². The lowest BCUT2D eigenvalue weighted by Gasteiger charge is -2.27. The van der Waals surface area contributed by atoms with Gasteiger partial charge < -0.3 is 9.84 Å². The molecule has 106 valence electrons. The molecule has 0 saturated carbocycles. The molecule has 2 aromatic rings. The Labute approximate surface area is 118 Å². The average Bonchev–Trinajstić information content (AvgIpc) is 2.97. The SMILES string of the molecule is CC(Cc1nc(-c2ccncc2)no1)C1CCCNC1. The zero-order chi connectivity index (χ0) is 13.8. The van der Waals surface area contributed by atoms with E-state index in [1.54, 1.807) is 12.4 Å². The van der Waals surface area contributed by atoms with E-state index in [2.05, 4.69) is 27.4 Å². The third-order valence-corrected chi connectivity index (χ3v) is 4.04. The lowest BCUT2D eigenvalue weighted by Crippen LogP contribution is -2.33. The van der Waals surface area contributed by atoms with E-state index in [0.29, 0.717) is 17.7 Å². The fourth-order valence-electron chi connectivity index (χ4n) is 2.76. The number of hydrogen-bond acceptors (Lipinski definition) is 5. The summed E-state index contributed by atoms with van der Waals surface area (Å²) in [6.07, 6.45) is 6.88. The van der Waals surface area contributed by atoms with Crippen molar-refractivity contribution in [2.24, 2.45) is 11.8 Å². The maximum Gasteiger partial charge on any atom is 0.227 e. The molecule has 0 spiro atoms. The number of nitrogens with one attached hydrogen (secondary N) is 1. The summed E-state index contributed by atoms with van der Waals surface area (Å²) in [5.41, 5.74) is 0.946. The summed E-state index contributed by atoms with van der Waals surface area (Å²) in [6, 6.07) is 3.78. The van der Waals surface area contributed by atoms with E-state index in [1.165, 1.54) is 12.8 Å². The lowest BCUT2D eigenvalue weighted by molar-refractivity contribution is 0.257. The topological polar surface area (TPSA) is 63.8 Å². The maximum absolute atomic E-state index is 5.38. The van der Waals surface area contributed by atoms with Crippen LogP contribution in [0.2, 0.25) is 0 Å². The second-order valence-electron chi connectivity index (χ2n) is 5.54. The van der Waals surface area contributed by atoms with Gasteiger partial charge in [-0.15, -0.1) is 0 Å². The van der Waals surface area contributed by atoms with Crippen LogP contribution in [-0.4, -0.2) is 28.2 Å². The molecule has 1 N–H and O–H groups in total.